The number of phenolic OH excluding ortho intramolecular Hbond substituents is 1. The highest BCUT2D eigenvalue weighted by Gasteiger charge is 2.03. The number of aryl methyl sites for hydroxylation is 1. The Balaban J connectivity index is 2.46. The Hall–Kier alpha value is -1.83. The molecule has 0 bridgehead atoms. The molecule has 82 valence electrons. The Morgan fingerprint density at radius 2 is 1.81 bits per heavy atom. The molecule has 0 heterocycles. The van der Waals surface area contributed by atoms with Gasteiger partial charge in [-0.15, -0.1) is 0 Å². The average Bonchev–Trinajstić information content (AvgIpc) is 2.33. The molecule has 0 atom stereocenters. The van der Waals surface area contributed by atoms with Crippen LogP contribution in [-0.2, 0) is 6.42 Å². The van der Waals surface area contributed by atoms with Crippen LogP contribution >= 0.6 is 0 Å². The van der Waals surface area contributed by atoms with E-state index in [-0.39, 0.29) is 5.75 Å². The summed E-state index contributed by atoms with van der Waals surface area (Å²) in [5, 5.41) is 9.31. The quantitative estimate of drug-likeness (QED) is 0.810. The Bertz CT molecular complexity index is 506. The normalized spacial score (nSPS) is 10.4. The molecule has 0 amide bonds. The molecule has 0 fully saturated rings. The molecule has 0 radical (unpaired) electrons. The summed E-state index contributed by atoms with van der Waals surface area (Å²) in [6.45, 7) is 2.08. The fraction of sp³-hybridized carbons (Fsp3) is 0.143. The number of hydrogen-bond donors (Lipinski definition) is 1. The first kappa shape index (κ1) is 10.7. The fourth-order valence-corrected chi connectivity index (χ4v) is 1.66. The van der Waals surface area contributed by atoms with Crippen molar-refractivity contribution >= 4 is 0 Å². The molecule has 0 aliphatic carbocycles. The molecule has 0 unspecified atom stereocenters. The first-order valence-electron chi connectivity index (χ1n) is 5.28. The van der Waals surface area contributed by atoms with Crippen molar-refractivity contribution in [3.8, 4) is 16.9 Å². The maximum Gasteiger partial charge on any atom is 0.164 e. The van der Waals surface area contributed by atoms with E-state index in [0.29, 0.717) is 0 Å². The molecule has 0 aliphatic heterocycles. The molecule has 1 nitrogen and oxygen atoms in total. The molecule has 0 aromatic heterocycles. The first-order chi connectivity index (χ1) is 7.70. The van der Waals surface area contributed by atoms with E-state index in [1.54, 1.807) is 6.07 Å². The lowest BCUT2D eigenvalue weighted by Gasteiger charge is -2.05. The molecule has 2 aromatic rings. The van der Waals surface area contributed by atoms with Crippen LogP contribution in [-0.4, -0.2) is 5.11 Å². The van der Waals surface area contributed by atoms with Gasteiger partial charge in [-0.05, 0) is 35.2 Å². The molecule has 1 N–H and O–H groups in total. The van der Waals surface area contributed by atoms with Crippen molar-refractivity contribution in [2.45, 2.75) is 13.3 Å². The summed E-state index contributed by atoms with van der Waals surface area (Å²) in [4.78, 5) is 0. The summed E-state index contributed by atoms with van der Waals surface area (Å²) in [5.74, 6) is -0.894. The monoisotopic (exact) mass is 216 g/mol. The maximum atomic E-state index is 12.9. The van der Waals surface area contributed by atoms with E-state index in [4.69, 9.17) is 0 Å². The smallest absolute Gasteiger partial charge is 0.164 e. The molecule has 2 aromatic carbocycles. The van der Waals surface area contributed by atoms with Crippen molar-refractivity contribution < 1.29 is 9.50 Å². The second-order valence-electron chi connectivity index (χ2n) is 3.72. The van der Waals surface area contributed by atoms with Crippen molar-refractivity contribution in [3.05, 3.63) is 53.8 Å². The summed E-state index contributed by atoms with van der Waals surface area (Å²) in [6, 6.07) is 12.4. The van der Waals surface area contributed by atoms with Crippen LogP contribution in [0.15, 0.2) is 42.5 Å². The zero-order valence-corrected chi connectivity index (χ0v) is 9.07. The van der Waals surface area contributed by atoms with Crippen molar-refractivity contribution in [3.63, 3.8) is 0 Å². The van der Waals surface area contributed by atoms with Crippen LogP contribution in [0.3, 0.4) is 0 Å². The lowest BCUT2D eigenvalue weighted by molar-refractivity contribution is 0.433. The van der Waals surface area contributed by atoms with Crippen LogP contribution in [0, 0.1) is 5.82 Å². The molecule has 0 spiro atoms. The highest BCUT2D eigenvalue weighted by atomic mass is 19.1. The number of hydrogen-bond acceptors (Lipinski definition) is 1. The van der Waals surface area contributed by atoms with Gasteiger partial charge in [0.2, 0.25) is 0 Å². The predicted octanol–water partition coefficient (Wildman–Crippen LogP) is 3.76. The summed E-state index contributed by atoms with van der Waals surface area (Å²) < 4.78 is 12.9. The van der Waals surface area contributed by atoms with Crippen LogP contribution in [0.5, 0.6) is 5.75 Å². The van der Waals surface area contributed by atoms with Gasteiger partial charge in [-0.1, -0.05) is 37.3 Å². The largest absolute Gasteiger partial charge is 0.505 e. The summed E-state index contributed by atoms with van der Waals surface area (Å²) in [7, 11) is 0. The van der Waals surface area contributed by atoms with Gasteiger partial charge in [0.05, 0.1) is 0 Å². The topological polar surface area (TPSA) is 20.2 Å². The van der Waals surface area contributed by atoms with Gasteiger partial charge in [-0.25, -0.2) is 4.39 Å². The Kier molecular flexibility index (Phi) is 2.91. The molecule has 0 saturated carbocycles. The van der Waals surface area contributed by atoms with E-state index < -0.39 is 5.82 Å². The number of aromatic hydroxyl groups is 1. The Labute approximate surface area is 94.2 Å². The number of benzene rings is 2. The third kappa shape index (κ3) is 2.06. The minimum absolute atomic E-state index is 0.306. The fourth-order valence-electron chi connectivity index (χ4n) is 1.66. The molecular formula is C14H13FO. The molecule has 2 heteroatoms. The van der Waals surface area contributed by atoms with Crippen LogP contribution in [0.2, 0.25) is 0 Å². The van der Waals surface area contributed by atoms with Gasteiger partial charge in [0.1, 0.15) is 0 Å². The van der Waals surface area contributed by atoms with Crippen molar-refractivity contribution in [2.24, 2.45) is 0 Å². The van der Waals surface area contributed by atoms with E-state index >= 15 is 0 Å². The summed E-state index contributed by atoms with van der Waals surface area (Å²) in [6.07, 6.45) is 0.959. The SMILES string of the molecule is CCc1cccc(-c2ccc(F)c(O)c2)c1. The molecule has 0 saturated heterocycles. The van der Waals surface area contributed by atoms with Crippen LogP contribution in [0.4, 0.5) is 4.39 Å². The lowest BCUT2D eigenvalue weighted by Crippen LogP contribution is -1.84. The molecular weight excluding hydrogens is 203 g/mol. The van der Waals surface area contributed by atoms with Crippen LogP contribution in [0.25, 0.3) is 11.1 Å². The minimum Gasteiger partial charge on any atom is -0.505 e. The maximum absolute atomic E-state index is 12.9. The van der Waals surface area contributed by atoms with Gasteiger partial charge in [-0.3, -0.25) is 0 Å². The van der Waals surface area contributed by atoms with E-state index in [1.807, 2.05) is 24.3 Å². The zero-order chi connectivity index (χ0) is 11.5. The Morgan fingerprint density at radius 3 is 2.50 bits per heavy atom. The number of phenols is 1. The highest BCUT2D eigenvalue weighted by molar-refractivity contribution is 5.65. The second-order valence-corrected chi connectivity index (χ2v) is 3.72. The average molecular weight is 216 g/mol. The van der Waals surface area contributed by atoms with Crippen LogP contribution < -0.4 is 0 Å². The van der Waals surface area contributed by atoms with E-state index in [1.165, 1.54) is 17.7 Å². The molecule has 2 rings (SSSR count). The molecule has 16 heavy (non-hydrogen) atoms. The van der Waals surface area contributed by atoms with E-state index in [2.05, 4.69) is 6.92 Å². The summed E-state index contributed by atoms with van der Waals surface area (Å²) in [5.41, 5.74) is 3.05. The van der Waals surface area contributed by atoms with Gasteiger partial charge >= 0.3 is 0 Å². The van der Waals surface area contributed by atoms with Gasteiger partial charge in [0.15, 0.2) is 11.6 Å². The first-order valence-corrected chi connectivity index (χ1v) is 5.28. The minimum atomic E-state index is -0.588. The van der Waals surface area contributed by atoms with Crippen molar-refractivity contribution in [1.82, 2.24) is 0 Å². The van der Waals surface area contributed by atoms with Gasteiger partial charge in [0, 0.05) is 0 Å². The van der Waals surface area contributed by atoms with Crippen molar-refractivity contribution in [1.29, 1.82) is 0 Å². The zero-order valence-electron chi connectivity index (χ0n) is 9.07. The van der Waals surface area contributed by atoms with Gasteiger partial charge in [-0.2, -0.15) is 0 Å². The molecule has 0 aliphatic rings. The van der Waals surface area contributed by atoms with E-state index in [9.17, 15) is 9.50 Å². The second kappa shape index (κ2) is 4.35. The number of rotatable bonds is 2. The standard InChI is InChI=1S/C14H13FO/c1-2-10-4-3-5-11(8-10)12-6-7-13(15)14(16)9-12/h3-9,16H,2H2,1H3. The van der Waals surface area contributed by atoms with Crippen molar-refractivity contribution in [2.75, 3.05) is 0 Å². The lowest BCUT2D eigenvalue weighted by atomic mass is 10.0. The predicted molar refractivity (Wildman–Crippen MR) is 62.9 cm³/mol. The third-order valence-electron chi connectivity index (χ3n) is 2.61. The highest BCUT2D eigenvalue weighted by Crippen LogP contribution is 2.26. The number of halogens is 1. The van der Waals surface area contributed by atoms with Crippen LogP contribution in [0.1, 0.15) is 12.5 Å². The van der Waals surface area contributed by atoms with E-state index in [0.717, 1.165) is 17.5 Å². The summed E-state index contributed by atoms with van der Waals surface area (Å²) >= 11 is 0. The van der Waals surface area contributed by atoms with Gasteiger partial charge < -0.3 is 5.11 Å². The Morgan fingerprint density at radius 1 is 1.06 bits per heavy atom. The third-order valence-corrected chi connectivity index (χ3v) is 2.61. The van der Waals surface area contributed by atoms with Gasteiger partial charge in [0.25, 0.3) is 0 Å².